The topological polar surface area (TPSA) is 95.9 Å². The van der Waals surface area contributed by atoms with E-state index in [-0.39, 0.29) is 5.97 Å². The van der Waals surface area contributed by atoms with Crippen molar-refractivity contribution in [3.05, 3.63) is 40.9 Å². The van der Waals surface area contributed by atoms with Gasteiger partial charge in [-0.05, 0) is 37.1 Å². The van der Waals surface area contributed by atoms with Crippen molar-refractivity contribution < 1.29 is 9.53 Å². The number of esters is 1. The Bertz CT molecular complexity index is 931. The molecule has 0 aliphatic carbocycles. The van der Waals surface area contributed by atoms with Gasteiger partial charge < -0.3 is 15.0 Å². The summed E-state index contributed by atoms with van der Waals surface area (Å²) >= 11 is 4.91. The standard InChI is InChI=1S/C17H18BrN5O2S/c1-11-7-12(18)3-4-13(11)26-8-14(24)25-6-2-5-23-10-22-15-16(19)20-9-21-17(15)23/h3-4,7,9-10H,2,5-6,8H2,1H3,(H2,19,20,21). The van der Waals surface area contributed by atoms with Gasteiger partial charge in [0.05, 0.1) is 18.7 Å². The molecule has 0 atom stereocenters. The number of imidazole rings is 1. The van der Waals surface area contributed by atoms with Gasteiger partial charge in [-0.3, -0.25) is 4.79 Å². The van der Waals surface area contributed by atoms with Gasteiger partial charge in [-0.25, -0.2) is 15.0 Å². The molecule has 0 aliphatic heterocycles. The van der Waals surface area contributed by atoms with Crippen molar-refractivity contribution in [2.24, 2.45) is 0 Å². The van der Waals surface area contributed by atoms with E-state index < -0.39 is 0 Å². The number of benzene rings is 1. The van der Waals surface area contributed by atoms with Crippen LogP contribution in [0.2, 0.25) is 0 Å². The zero-order valence-electron chi connectivity index (χ0n) is 14.2. The van der Waals surface area contributed by atoms with Crippen molar-refractivity contribution in [1.82, 2.24) is 19.5 Å². The van der Waals surface area contributed by atoms with Crippen molar-refractivity contribution in [2.75, 3.05) is 18.1 Å². The van der Waals surface area contributed by atoms with Gasteiger partial charge >= 0.3 is 5.97 Å². The van der Waals surface area contributed by atoms with Gasteiger partial charge in [0.25, 0.3) is 0 Å². The molecule has 2 heterocycles. The second-order valence-electron chi connectivity index (χ2n) is 5.64. The number of rotatable bonds is 7. The lowest BCUT2D eigenvalue weighted by Crippen LogP contribution is -2.10. The largest absolute Gasteiger partial charge is 0.465 e. The molecule has 26 heavy (non-hydrogen) atoms. The Morgan fingerprint density at radius 2 is 2.19 bits per heavy atom. The zero-order valence-corrected chi connectivity index (χ0v) is 16.6. The maximum absolute atomic E-state index is 11.9. The second-order valence-corrected chi connectivity index (χ2v) is 7.57. The Labute approximate surface area is 163 Å². The lowest BCUT2D eigenvalue weighted by molar-refractivity contribution is -0.140. The fraction of sp³-hybridized carbons (Fsp3) is 0.294. The van der Waals surface area contributed by atoms with Crippen LogP contribution >= 0.6 is 27.7 Å². The van der Waals surface area contributed by atoms with Crippen LogP contribution in [0.25, 0.3) is 11.2 Å². The van der Waals surface area contributed by atoms with E-state index in [2.05, 4.69) is 30.9 Å². The second kappa shape index (κ2) is 8.50. The highest BCUT2D eigenvalue weighted by atomic mass is 79.9. The van der Waals surface area contributed by atoms with E-state index in [1.54, 1.807) is 6.33 Å². The Hall–Kier alpha value is -2.13. The van der Waals surface area contributed by atoms with Crippen molar-refractivity contribution in [3.8, 4) is 0 Å². The van der Waals surface area contributed by atoms with Gasteiger partial charge in [0.1, 0.15) is 11.8 Å². The van der Waals surface area contributed by atoms with Gasteiger partial charge in [-0.15, -0.1) is 11.8 Å². The third-order valence-corrected chi connectivity index (χ3v) is 5.36. The summed E-state index contributed by atoms with van der Waals surface area (Å²) in [5, 5.41) is 0. The Kier molecular flexibility index (Phi) is 6.10. The number of halogens is 1. The minimum atomic E-state index is -0.223. The number of nitrogen functional groups attached to an aromatic ring is 1. The number of aryl methyl sites for hydroxylation is 2. The average Bonchev–Trinajstić information content (AvgIpc) is 3.02. The van der Waals surface area contributed by atoms with E-state index in [1.807, 2.05) is 29.7 Å². The van der Waals surface area contributed by atoms with Crippen molar-refractivity contribution in [2.45, 2.75) is 24.8 Å². The first kappa shape index (κ1) is 18.7. The highest BCUT2D eigenvalue weighted by Gasteiger charge is 2.09. The Balaban J connectivity index is 1.43. The fourth-order valence-electron chi connectivity index (χ4n) is 2.44. The van der Waals surface area contributed by atoms with Gasteiger partial charge in [0.2, 0.25) is 0 Å². The number of hydrogen-bond donors (Lipinski definition) is 1. The van der Waals surface area contributed by atoms with Crippen LogP contribution in [0, 0.1) is 6.92 Å². The van der Waals surface area contributed by atoms with E-state index in [4.69, 9.17) is 10.5 Å². The number of aromatic nitrogens is 4. The molecule has 1 aromatic carbocycles. The molecular weight excluding hydrogens is 418 g/mol. The molecule has 0 bridgehead atoms. The van der Waals surface area contributed by atoms with Crippen LogP contribution in [0.1, 0.15) is 12.0 Å². The summed E-state index contributed by atoms with van der Waals surface area (Å²) in [4.78, 5) is 25.3. The number of fused-ring (bicyclic) bond motifs is 1. The predicted molar refractivity (Wildman–Crippen MR) is 105 cm³/mol. The molecule has 0 radical (unpaired) electrons. The van der Waals surface area contributed by atoms with Crippen LogP contribution in [0.3, 0.4) is 0 Å². The zero-order chi connectivity index (χ0) is 18.5. The minimum absolute atomic E-state index is 0.223. The molecule has 0 aliphatic rings. The molecule has 0 saturated heterocycles. The number of ether oxygens (including phenoxy) is 1. The van der Waals surface area contributed by atoms with E-state index in [9.17, 15) is 4.79 Å². The van der Waals surface area contributed by atoms with Gasteiger partial charge in [-0.2, -0.15) is 0 Å². The average molecular weight is 436 g/mol. The van der Waals surface area contributed by atoms with Gasteiger partial charge in [0, 0.05) is 15.9 Å². The van der Waals surface area contributed by atoms with Crippen LogP contribution in [-0.2, 0) is 16.1 Å². The van der Waals surface area contributed by atoms with Crippen LogP contribution in [0.5, 0.6) is 0 Å². The molecule has 0 unspecified atom stereocenters. The number of nitrogens with two attached hydrogens (primary N) is 1. The highest BCUT2D eigenvalue weighted by Crippen LogP contribution is 2.25. The number of nitrogens with zero attached hydrogens (tertiary/aromatic N) is 4. The smallest absolute Gasteiger partial charge is 0.316 e. The van der Waals surface area contributed by atoms with E-state index in [0.29, 0.717) is 42.3 Å². The van der Waals surface area contributed by atoms with Crippen LogP contribution in [-0.4, -0.2) is 37.8 Å². The normalized spacial score (nSPS) is 11.0. The summed E-state index contributed by atoms with van der Waals surface area (Å²) in [6, 6.07) is 5.99. The van der Waals surface area contributed by atoms with Gasteiger partial charge in [-0.1, -0.05) is 15.9 Å². The fourth-order valence-corrected chi connectivity index (χ4v) is 3.72. The maximum Gasteiger partial charge on any atom is 0.316 e. The van der Waals surface area contributed by atoms with Crippen molar-refractivity contribution in [3.63, 3.8) is 0 Å². The third kappa shape index (κ3) is 4.53. The Morgan fingerprint density at radius 1 is 1.35 bits per heavy atom. The third-order valence-electron chi connectivity index (χ3n) is 3.72. The maximum atomic E-state index is 11.9. The molecule has 0 saturated carbocycles. The monoisotopic (exact) mass is 435 g/mol. The lowest BCUT2D eigenvalue weighted by Gasteiger charge is -2.07. The van der Waals surface area contributed by atoms with Gasteiger partial charge in [0.15, 0.2) is 11.5 Å². The molecule has 0 amide bonds. The quantitative estimate of drug-likeness (QED) is 0.345. The van der Waals surface area contributed by atoms with E-state index in [1.165, 1.54) is 18.1 Å². The molecule has 3 rings (SSSR count). The molecule has 0 spiro atoms. The van der Waals surface area contributed by atoms with E-state index >= 15 is 0 Å². The summed E-state index contributed by atoms with van der Waals surface area (Å²) in [7, 11) is 0. The molecule has 136 valence electrons. The summed E-state index contributed by atoms with van der Waals surface area (Å²) < 4.78 is 8.21. The first-order chi connectivity index (χ1) is 12.5. The summed E-state index contributed by atoms with van der Waals surface area (Å²) in [6.45, 7) is 3.00. The summed E-state index contributed by atoms with van der Waals surface area (Å²) in [6.07, 6.45) is 3.75. The van der Waals surface area contributed by atoms with Crippen LogP contribution < -0.4 is 5.73 Å². The first-order valence-corrected chi connectivity index (χ1v) is 9.78. The molecular formula is C17H18BrN5O2S. The molecule has 3 aromatic rings. The van der Waals surface area contributed by atoms with E-state index in [0.717, 1.165) is 14.9 Å². The molecule has 9 heteroatoms. The number of anilines is 1. The predicted octanol–water partition coefficient (Wildman–Crippen LogP) is 3.21. The highest BCUT2D eigenvalue weighted by molar-refractivity contribution is 9.10. The summed E-state index contributed by atoms with van der Waals surface area (Å²) in [5.41, 5.74) is 8.17. The number of thioether (sulfide) groups is 1. The molecule has 7 nitrogen and oxygen atoms in total. The number of carbonyl (C=O) groups is 1. The van der Waals surface area contributed by atoms with Crippen molar-refractivity contribution >= 4 is 50.6 Å². The SMILES string of the molecule is Cc1cc(Br)ccc1SCC(=O)OCCCn1cnc2c(N)ncnc21. The minimum Gasteiger partial charge on any atom is -0.465 e. The molecule has 2 aromatic heterocycles. The first-order valence-electron chi connectivity index (χ1n) is 8.00. The molecule has 0 fully saturated rings. The number of carbonyl (C=O) groups excluding carboxylic acids is 1. The Morgan fingerprint density at radius 3 is 3.00 bits per heavy atom. The van der Waals surface area contributed by atoms with Crippen molar-refractivity contribution in [1.29, 1.82) is 0 Å². The lowest BCUT2D eigenvalue weighted by atomic mass is 10.2. The number of hydrogen-bond acceptors (Lipinski definition) is 7. The summed E-state index contributed by atoms with van der Waals surface area (Å²) in [5.74, 6) is 0.431. The van der Waals surface area contributed by atoms with Crippen LogP contribution in [0.15, 0.2) is 40.2 Å². The molecule has 2 N–H and O–H groups in total. The van der Waals surface area contributed by atoms with Crippen LogP contribution in [0.4, 0.5) is 5.82 Å².